The molecule has 0 aliphatic rings. The zero-order valence-electron chi connectivity index (χ0n) is 16.4. The van der Waals surface area contributed by atoms with Gasteiger partial charge >= 0.3 is 0 Å². The molecule has 0 radical (unpaired) electrons. The van der Waals surface area contributed by atoms with Crippen molar-refractivity contribution in [2.75, 3.05) is 26.1 Å². The quantitative estimate of drug-likeness (QED) is 0.537. The Morgan fingerprint density at radius 1 is 1.17 bits per heavy atom. The predicted molar refractivity (Wildman–Crippen MR) is 117 cm³/mol. The van der Waals surface area contributed by atoms with E-state index in [0.29, 0.717) is 21.7 Å². The predicted octanol–water partition coefficient (Wildman–Crippen LogP) is 4.77. The minimum absolute atomic E-state index is 0.0217. The summed E-state index contributed by atoms with van der Waals surface area (Å²) >= 11 is 7.27. The fourth-order valence-corrected chi connectivity index (χ4v) is 3.60. The molecular weight excluding hydrogens is 410 g/mol. The number of nitrogens with one attached hydrogen (secondary N) is 2. The van der Waals surface area contributed by atoms with Gasteiger partial charge in [0, 0.05) is 28.1 Å². The summed E-state index contributed by atoms with van der Waals surface area (Å²) in [4.78, 5) is 16.8. The molecule has 29 heavy (non-hydrogen) atoms. The standard InChI is InChI=1S/C21H22ClN3O3S/c1-13(14-4-6-15(22)7-5-14)23-11-20(26)25-21-24-18(12-29-21)17-9-8-16(27-2)10-19(17)28-3/h4-10,12-13,23H,11H2,1-3H3,(H,24,25,26). The highest BCUT2D eigenvalue weighted by Gasteiger charge is 2.13. The zero-order valence-corrected chi connectivity index (χ0v) is 17.9. The number of methoxy groups -OCH3 is 2. The Balaban J connectivity index is 1.60. The SMILES string of the molecule is COc1ccc(-c2csc(NC(=O)CNC(C)c3ccc(Cl)cc3)n2)c(OC)c1. The first kappa shape index (κ1) is 21.1. The molecule has 0 aliphatic carbocycles. The van der Waals surface area contributed by atoms with Crippen LogP contribution in [0.3, 0.4) is 0 Å². The van der Waals surface area contributed by atoms with Gasteiger partial charge in [0.2, 0.25) is 5.91 Å². The third-order valence-electron chi connectivity index (χ3n) is 4.37. The van der Waals surface area contributed by atoms with Crippen molar-refractivity contribution < 1.29 is 14.3 Å². The van der Waals surface area contributed by atoms with Gasteiger partial charge < -0.3 is 20.1 Å². The molecule has 2 N–H and O–H groups in total. The summed E-state index contributed by atoms with van der Waals surface area (Å²) in [6, 6.07) is 13.1. The lowest BCUT2D eigenvalue weighted by molar-refractivity contribution is -0.115. The van der Waals surface area contributed by atoms with Crippen molar-refractivity contribution in [2.45, 2.75) is 13.0 Å². The van der Waals surface area contributed by atoms with Gasteiger partial charge in [-0.25, -0.2) is 4.98 Å². The van der Waals surface area contributed by atoms with E-state index in [0.717, 1.165) is 16.8 Å². The molecule has 0 saturated carbocycles. The van der Waals surface area contributed by atoms with Gasteiger partial charge in [-0.15, -0.1) is 11.3 Å². The molecule has 2 aromatic carbocycles. The smallest absolute Gasteiger partial charge is 0.240 e. The lowest BCUT2D eigenvalue weighted by Gasteiger charge is -2.13. The summed E-state index contributed by atoms with van der Waals surface area (Å²) in [5.41, 5.74) is 2.62. The number of hydrogen-bond acceptors (Lipinski definition) is 6. The second-order valence-corrected chi connectivity index (χ2v) is 7.60. The van der Waals surface area contributed by atoms with E-state index < -0.39 is 0 Å². The van der Waals surface area contributed by atoms with Crippen LogP contribution in [0.15, 0.2) is 47.8 Å². The van der Waals surface area contributed by atoms with Crippen LogP contribution in [0, 0.1) is 0 Å². The second kappa shape index (κ2) is 9.73. The van der Waals surface area contributed by atoms with E-state index in [2.05, 4.69) is 15.6 Å². The van der Waals surface area contributed by atoms with E-state index in [1.165, 1.54) is 11.3 Å². The molecule has 0 bridgehead atoms. The largest absolute Gasteiger partial charge is 0.497 e. The van der Waals surface area contributed by atoms with E-state index in [1.54, 1.807) is 20.3 Å². The highest BCUT2D eigenvalue weighted by atomic mass is 35.5. The Kier molecular flexibility index (Phi) is 7.09. The average molecular weight is 432 g/mol. The highest BCUT2D eigenvalue weighted by molar-refractivity contribution is 7.14. The van der Waals surface area contributed by atoms with Gasteiger partial charge in [-0.2, -0.15) is 0 Å². The summed E-state index contributed by atoms with van der Waals surface area (Å²) in [5.74, 6) is 1.20. The van der Waals surface area contributed by atoms with E-state index in [1.807, 2.05) is 48.7 Å². The molecule has 0 saturated heterocycles. The van der Waals surface area contributed by atoms with Crippen molar-refractivity contribution in [3.05, 3.63) is 58.4 Å². The van der Waals surface area contributed by atoms with Gasteiger partial charge in [0.25, 0.3) is 0 Å². The van der Waals surface area contributed by atoms with Gasteiger partial charge in [-0.1, -0.05) is 23.7 Å². The molecule has 0 aliphatic heterocycles. The first-order valence-corrected chi connectivity index (χ1v) is 10.2. The van der Waals surface area contributed by atoms with Crippen LogP contribution in [0.1, 0.15) is 18.5 Å². The molecule has 1 aromatic heterocycles. The van der Waals surface area contributed by atoms with Gasteiger partial charge in [-0.3, -0.25) is 4.79 Å². The van der Waals surface area contributed by atoms with Crippen molar-refractivity contribution >= 4 is 34.0 Å². The molecule has 0 fully saturated rings. The zero-order chi connectivity index (χ0) is 20.8. The summed E-state index contributed by atoms with van der Waals surface area (Å²) in [7, 11) is 3.20. The maximum absolute atomic E-state index is 12.3. The normalized spacial score (nSPS) is 11.7. The van der Waals surface area contributed by atoms with Crippen molar-refractivity contribution in [3.63, 3.8) is 0 Å². The van der Waals surface area contributed by atoms with Crippen LogP contribution < -0.4 is 20.1 Å². The number of carbonyl (C=O) groups excluding carboxylic acids is 1. The maximum atomic E-state index is 12.3. The number of carbonyl (C=O) groups is 1. The number of aromatic nitrogens is 1. The lowest BCUT2D eigenvalue weighted by atomic mass is 10.1. The number of ether oxygens (including phenoxy) is 2. The number of rotatable bonds is 8. The average Bonchev–Trinajstić information content (AvgIpc) is 3.20. The summed E-state index contributed by atoms with van der Waals surface area (Å²) in [6.45, 7) is 2.17. The molecule has 1 atom stereocenters. The van der Waals surface area contributed by atoms with Crippen LogP contribution in [-0.2, 0) is 4.79 Å². The highest BCUT2D eigenvalue weighted by Crippen LogP contribution is 2.34. The second-order valence-electron chi connectivity index (χ2n) is 6.31. The van der Waals surface area contributed by atoms with Crippen molar-refractivity contribution in [1.29, 1.82) is 0 Å². The first-order valence-electron chi connectivity index (χ1n) is 8.96. The lowest BCUT2D eigenvalue weighted by Crippen LogP contribution is -2.30. The molecule has 152 valence electrons. The van der Waals surface area contributed by atoms with Gasteiger partial charge in [-0.05, 0) is 36.8 Å². The number of benzene rings is 2. The third-order valence-corrected chi connectivity index (χ3v) is 5.38. The van der Waals surface area contributed by atoms with Crippen LogP contribution in [0.2, 0.25) is 5.02 Å². The molecule has 3 rings (SSSR count). The molecule has 1 heterocycles. The Hall–Kier alpha value is -2.61. The van der Waals surface area contributed by atoms with Crippen LogP contribution in [0.5, 0.6) is 11.5 Å². The van der Waals surface area contributed by atoms with Crippen LogP contribution in [0.25, 0.3) is 11.3 Å². The van der Waals surface area contributed by atoms with E-state index in [9.17, 15) is 4.79 Å². The molecule has 1 amide bonds. The number of anilines is 1. The van der Waals surface area contributed by atoms with Gasteiger partial charge in [0.15, 0.2) is 5.13 Å². The fraction of sp³-hybridized carbons (Fsp3) is 0.238. The van der Waals surface area contributed by atoms with Crippen LogP contribution in [-0.4, -0.2) is 31.7 Å². The van der Waals surface area contributed by atoms with Crippen LogP contribution >= 0.6 is 22.9 Å². The minimum Gasteiger partial charge on any atom is -0.497 e. The Labute approximate surface area is 178 Å². The first-order chi connectivity index (χ1) is 14.0. The fourth-order valence-electron chi connectivity index (χ4n) is 2.74. The van der Waals surface area contributed by atoms with Crippen molar-refractivity contribution in [1.82, 2.24) is 10.3 Å². The third kappa shape index (κ3) is 5.47. The van der Waals surface area contributed by atoms with Gasteiger partial charge in [0.1, 0.15) is 11.5 Å². The number of halogens is 1. The van der Waals surface area contributed by atoms with E-state index in [4.69, 9.17) is 21.1 Å². The number of nitrogens with zero attached hydrogens (tertiary/aromatic N) is 1. The maximum Gasteiger partial charge on any atom is 0.240 e. The Morgan fingerprint density at radius 3 is 2.62 bits per heavy atom. The summed E-state index contributed by atoms with van der Waals surface area (Å²) < 4.78 is 10.6. The van der Waals surface area contributed by atoms with Crippen LogP contribution in [0.4, 0.5) is 5.13 Å². The monoisotopic (exact) mass is 431 g/mol. The van der Waals surface area contributed by atoms with Crippen molar-refractivity contribution in [3.8, 4) is 22.8 Å². The Bertz CT molecular complexity index is 976. The number of amides is 1. The minimum atomic E-state index is -0.159. The number of hydrogen-bond donors (Lipinski definition) is 2. The molecule has 3 aromatic rings. The van der Waals surface area contributed by atoms with E-state index in [-0.39, 0.29) is 18.5 Å². The number of thiazole rings is 1. The molecule has 0 spiro atoms. The summed E-state index contributed by atoms with van der Waals surface area (Å²) in [6.07, 6.45) is 0. The van der Waals surface area contributed by atoms with Crippen molar-refractivity contribution in [2.24, 2.45) is 0 Å². The van der Waals surface area contributed by atoms with Gasteiger partial charge in [0.05, 0.1) is 26.5 Å². The molecule has 6 nitrogen and oxygen atoms in total. The molecule has 1 unspecified atom stereocenters. The molecular formula is C21H22ClN3O3S. The van der Waals surface area contributed by atoms with E-state index >= 15 is 0 Å². The molecule has 8 heteroatoms. The topological polar surface area (TPSA) is 72.5 Å². The Morgan fingerprint density at radius 2 is 1.93 bits per heavy atom. The summed E-state index contributed by atoms with van der Waals surface area (Å²) in [5, 5.41) is 9.12.